The molecule has 0 spiro atoms. The van der Waals surface area contributed by atoms with Gasteiger partial charge in [-0.3, -0.25) is 14.4 Å². The first-order valence-corrected chi connectivity index (χ1v) is 9.03. The summed E-state index contributed by atoms with van der Waals surface area (Å²) < 4.78 is -0.184. The number of hydrogen-bond acceptors (Lipinski definition) is 4. The average molecular weight is 402 g/mol. The zero-order chi connectivity index (χ0) is 19.1. The maximum Gasteiger partial charge on any atom is 0.268 e. The Morgan fingerprint density at radius 1 is 1.08 bits per heavy atom. The van der Waals surface area contributed by atoms with Gasteiger partial charge in [-0.25, -0.2) is 0 Å². The van der Waals surface area contributed by atoms with Crippen molar-refractivity contribution in [2.45, 2.75) is 39.7 Å². The van der Waals surface area contributed by atoms with Crippen LogP contribution in [-0.2, 0) is 27.2 Å². The molecule has 1 aromatic rings. The van der Waals surface area contributed by atoms with Crippen molar-refractivity contribution in [3.63, 3.8) is 0 Å². The van der Waals surface area contributed by atoms with E-state index in [9.17, 15) is 14.4 Å². The lowest BCUT2D eigenvalue weighted by molar-refractivity contribution is -0.141. The summed E-state index contributed by atoms with van der Waals surface area (Å²) in [6.07, 6.45) is 1.33. The number of thiol groups is 1. The second-order valence-corrected chi connectivity index (χ2v) is 7.07. The molecule has 7 heteroatoms. The second kappa shape index (κ2) is 10.00. The van der Waals surface area contributed by atoms with Crippen molar-refractivity contribution in [3.8, 4) is 0 Å². The van der Waals surface area contributed by atoms with Crippen molar-refractivity contribution in [1.29, 1.82) is 0 Å². The summed E-state index contributed by atoms with van der Waals surface area (Å²) in [4.78, 5) is 37.6. The average Bonchev–Trinajstić information content (AvgIpc) is 2.56. The lowest BCUT2D eigenvalue weighted by Gasteiger charge is -2.28. The lowest BCUT2D eigenvalue weighted by atomic mass is 10.0. The van der Waals surface area contributed by atoms with Crippen LogP contribution in [0.25, 0.3) is 0 Å². The summed E-state index contributed by atoms with van der Waals surface area (Å²) >= 11 is 15.5. The first-order valence-electron chi connectivity index (χ1n) is 7.83. The van der Waals surface area contributed by atoms with E-state index >= 15 is 0 Å². The smallest absolute Gasteiger partial charge is 0.268 e. The van der Waals surface area contributed by atoms with Crippen molar-refractivity contribution < 1.29 is 14.4 Å². The van der Waals surface area contributed by atoms with Crippen molar-refractivity contribution in [2.24, 2.45) is 0 Å². The van der Waals surface area contributed by atoms with E-state index in [4.69, 9.17) is 23.2 Å². The predicted octanol–water partition coefficient (Wildman–Crippen LogP) is 3.74. The van der Waals surface area contributed by atoms with Crippen LogP contribution in [0.4, 0.5) is 0 Å². The first-order chi connectivity index (χ1) is 11.7. The Morgan fingerprint density at radius 3 is 2.04 bits per heavy atom. The van der Waals surface area contributed by atoms with Gasteiger partial charge in [0.1, 0.15) is 11.1 Å². The molecular formula is C18H21Cl2NO3S. The third kappa shape index (κ3) is 5.87. The van der Waals surface area contributed by atoms with Gasteiger partial charge in [0, 0.05) is 6.54 Å². The summed E-state index contributed by atoms with van der Waals surface area (Å²) in [6.45, 7) is 4.74. The monoisotopic (exact) mass is 401 g/mol. The van der Waals surface area contributed by atoms with Crippen LogP contribution >= 0.6 is 35.8 Å². The molecule has 0 N–H and O–H groups in total. The zero-order valence-corrected chi connectivity index (χ0v) is 16.8. The molecule has 1 rings (SSSR count). The minimum absolute atomic E-state index is 0.161. The number of rotatable bonds is 8. The highest BCUT2D eigenvalue weighted by Gasteiger charge is 2.32. The quantitative estimate of drug-likeness (QED) is 0.410. The van der Waals surface area contributed by atoms with Gasteiger partial charge in [-0.1, -0.05) is 54.4 Å². The Balaban J connectivity index is 3.18. The van der Waals surface area contributed by atoms with Crippen LogP contribution in [0.1, 0.15) is 31.9 Å². The van der Waals surface area contributed by atoms with Gasteiger partial charge in [0.15, 0.2) is 11.6 Å². The maximum atomic E-state index is 12.6. The van der Waals surface area contributed by atoms with E-state index in [1.165, 1.54) is 13.8 Å². The number of hydrogen-bond donors (Lipinski definition) is 1. The highest BCUT2D eigenvalue weighted by molar-refractivity contribution is 7.86. The lowest BCUT2D eigenvalue weighted by Crippen LogP contribution is -2.49. The maximum absolute atomic E-state index is 12.6. The van der Waals surface area contributed by atoms with Crippen LogP contribution in [0.5, 0.6) is 0 Å². The number of amides is 1. The minimum atomic E-state index is -1.20. The van der Waals surface area contributed by atoms with Crippen LogP contribution in [-0.4, -0.2) is 35.0 Å². The van der Waals surface area contributed by atoms with E-state index < -0.39 is 23.5 Å². The first kappa shape index (κ1) is 21.7. The standard InChI is InChI=1S/C18H21Cl2NO3S/c1-4-13-7-5-6-8-14(13)9-10-21(16(11(2)22)12(3)23)18(24)15(19)17(20)25/h5-8,16,25H,4,9-10H2,1-3H3/b17-15+. The summed E-state index contributed by atoms with van der Waals surface area (Å²) in [5.74, 6) is -1.54. The molecule has 1 aromatic carbocycles. The van der Waals surface area contributed by atoms with Crippen molar-refractivity contribution in [2.75, 3.05) is 6.54 Å². The number of Topliss-reactive ketones (excluding diaryl/α,β-unsaturated/α-hetero) is 2. The SMILES string of the molecule is CCc1ccccc1CCN(C(=O)/C(Cl)=C(\S)Cl)C(C(C)=O)C(C)=O. The minimum Gasteiger partial charge on any atom is -0.320 e. The molecule has 0 unspecified atom stereocenters. The van der Waals surface area contributed by atoms with E-state index in [0.717, 1.165) is 22.4 Å². The molecule has 0 aliphatic heterocycles. The number of benzene rings is 1. The van der Waals surface area contributed by atoms with Gasteiger partial charge in [0.2, 0.25) is 0 Å². The molecule has 0 atom stereocenters. The van der Waals surface area contributed by atoms with Crippen LogP contribution in [0.15, 0.2) is 33.7 Å². The molecule has 0 aliphatic carbocycles. The van der Waals surface area contributed by atoms with Crippen LogP contribution < -0.4 is 0 Å². The van der Waals surface area contributed by atoms with Crippen molar-refractivity contribution in [3.05, 3.63) is 44.8 Å². The Bertz CT molecular complexity index is 685. The third-order valence-corrected chi connectivity index (χ3v) is 4.82. The molecule has 0 fully saturated rings. The Hall–Kier alpha value is -1.30. The Kier molecular flexibility index (Phi) is 8.69. The van der Waals surface area contributed by atoms with Crippen LogP contribution in [0.3, 0.4) is 0 Å². The van der Waals surface area contributed by atoms with Gasteiger partial charge in [-0.05, 0) is 37.8 Å². The van der Waals surface area contributed by atoms with E-state index in [1.54, 1.807) is 0 Å². The molecule has 0 heterocycles. The fourth-order valence-electron chi connectivity index (χ4n) is 2.67. The van der Waals surface area contributed by atoms with Gasteiger partial charge < -0.3 is 4.90 Å². The van der Waals surface area contributed by atoms with Crippen LogP contribution in [0, 0.1) is 0 Å². The molecule has 0 bridgehead atoms. The number of halogens is 2. The summed E-state index contributed by atoms with van der Waals surface area (Å²) in [5.41, 5.74) is 2.19. The molecule has 0 saturated carbocycles. The number of aryl methyl sites for hydroxylation is 1. The summed E-state index contributed by atoms with van der Waals surface area (Å²) in [6, 6.07) is 6.62. The molecule has 0 aliphatic rings. The molecular weight excluding hydrogens is 381 g/mol. The van der Waals surface area contributed by atoms with Crippen molar-refractivity contribution in [1.82, 2.24) is 4.90 Å². The molecule has 4 nitrogen and oxygen atoms in total. The fourth-order valence-corrected chi connectivity index (χ4v) is 2.96. The largest absolute Gasteiger partial charge is 0.320 e. The molecule has 0 radical (unpaired) electrons. The number of nitrogens with zero attached hydrogens (tertiary/aromatic N) is 1. The highest BCUT2D eigenvalue weighted by atomic mass is 35.5. The number of carbonyl (C=O) groups is 3. The molecule has 25 heavy (non-hydrogen) atoms. The molecule has 0 aromatic heterocycles. The Morgan fingerprint density at radius 2 is 1.60 bits per heavy atom. The van der Waals surface area contributed by atoms with Gasteiger partial charge in [-0.2, -0.15) is 0 Å². The molecule has 136 valence electrons. The fraction of sp³-hybridized carbons (Fsp3) is 0.389. The van der Waals surface area contributed by atoms with Crippen molar-refractivity contribution >= 4 is 53.3 Å². The van der Waals surface area contributed by atoms with Gasteiger partial charge >= 0.3 is 0 Å². The van der Waals surface area contributed by atoms with Gasteiger partial charge in [-0.15, -0.1) is 12.6 Å². The topological polar surface area (TPSA) is 54.5 Å². The Labute approximate surface area is 163 Å². The number of ketones is 2. The second-order valence-electron chi connectivity index (χ2n) is 5.60. The van der Waals surface area contributed by atoms with E-state index in [0.29, 0.717) is 6.42 Å². The zero-order valence-electron chi connectivity index (χ0n) is 14.4. The third-order valence-electron chi connectivity index (χ3n) is 3.83. The van der Waals surface area contributed by atoms with Crippen LogP contribution in [0.2, 0.25) is 0 Å². The van der Waals surface area contributed by atoms with E-state index in [2.05, 4.69) is 12.6 Å². The number of carbonyl (C=O) groups excluding carboxylic acids is 3. The normalized spacial score (nSPS) is 12.0. The highest BCUT2D eigenvalue weighted by Crippen LogP contribution is 2.22. The van der Waals surface area contributed by atoms with Gasteiger partial charge in [0.05, 0.1) is 4.36 Å². The van der Waals surface area contributed by atoms with E-state index in [1.807, 2.05) is 31.2 Å². The van der Waals surface area contributed by atoms with E-state index in [-0.39, 0.29) is 15.9 Å². The summed E-state index contributed by atoms with van der Waals surface area (Å²) in [7, 11) is 0. The van der Waals surface area contributed by atoms with Gasteiger partial charge in [0.25, 0.3) is 5.91 Å². The molecule has 0 saturated heterocycles. The molecule has 1 amide bonds. The predicted molar refractivity (Wildman–Crippen MR) is 104 cm³/mol. The summed E-state index contributed by atoms with van der Waals surface area (Å²) in [5, 5.41) is -0.318.